The molecular weight excluding hydrogens is 242 g/mol. The van der Waals surface area contributed by atoms with Crippen LogP contribution in [-0.4, -0.2) is 17.6 Å². The summed E-state index contributed by atoms with van der Waals surface area (Å²) in [5.41, 5.74) is -0.429. The fourth-order valence-corrected chi connectivity index (χ4v) is 2.18. The molecule has 1 aliphatic rings. The Morgan fingerprint density at radius 1 is 1.05 bits per heavy atom. The van der Waals surface area contributed by atoms with Crippen molar-refractivity contribution in [2.45, 2.75) is 5.72 Å². The Labute approximate surface area is 110 Å². The highest BCUT2D eigenvalue weighted by molar-refractivity contribution is 5.99. The molecule has 96 valence electrons. The summed E-state index contributed by atoms with van der Waals surface area (Å²) in [5, 5.41) is 13.1. The Hall–Kier alpha value is -2.33. The van der Waals surface area contributed by atoms with E-state index >= 15 is 0 Å². The van der Waals surface area contributed by atoms with Crippen LogP contribution in [-0.2, 0) is 5.72 Å². The van der Waals surface area contributed by atoms with Crippen molar-refractivity contribution in [1.29, 1.82) is 0 Å². The van der Waals surface area contributed by atoms with Crippen molar-refractivity contribution in [1.82, 2.24) is 5.32 Å². The average molecular weight is 255 g/mol. The number of nitrogens with one attached hydrogen (secondary N) is 1. The molecule has 4 nitrogen and oxygen atoms in total. The van der Waals surface area contributed by atoms with E-state index in [1.165, 1.54) is 0 Å². The second-order valence-corrected chi connectivity index (χ2v) is 4.46. The number of rotatable bonds is 3. The Balaban J connectivity index is 1.83. The van der Waals surface area contributed by atoms with Crippen LogP contribution in [0.15, 0.2) is 54.6 Å². The number of carbonyl (C=O) groups is 1. The number of benzene rings is 2. The lowest BCUT2D eigenvalue weighted by molar-refractivity contribution is -0.0260. The summed E-state index contributed by atoms with van der Waals surface area (Å²) in [6.07, 6.45) is 0. The summed E-state index contributed by atoms with van der Waals surface area (Å²) < 4.78 is 5.53. The molecule has 1 unspecified atom stereocenters. The molecule has 1 aliphatic heterocycles. The first kappa shape index (κ1) is 11.7. The van der Waals surface area contributed by atoms with Crippen molar-refractivity contribution in [2.24, 2.45) is 0 Å². The smallest absolute Gasteiger partial charge is 0.254 e. The van der Waals surface area contributed by atoms with Gasteiger partial charge >= 0.3 is 0 Å². The lowest BCUT2D eigenvalue weighted by Crippen LogP contribution is -2.44. The zero-order valence-electron chi connectivity index (χ0n) is 10.2. The first-order valence-electron chi connectivity index (χ1n) is 6.01. The van der Waals surface area contributed by atoms with E-state index in [0.29, 0.717) is 16.9 Å². The van der Waals surface area contributed by atoms with Crippen LogP contribution in [0, 0.1) is 0 Å². The Bertz CT molecular complexity index is 612. The van der Waals surface area contributed by atoms with Gasteiger partial charge in [-0.2, -0.15) is 0 Å². The molecule has 1 amide bonds. The highest BCUT2D eigenvalue weighted by Crippen LogP contribution is 2.29. The van der Waals surface area contributed by atoms with E-state index in [2.05, 4.69) is 5.32 Å². The van der Waals surface area contributed by atoms with Crippen molar-refractivity contribution >= 4 is 5.91 Å². The van der Waals surface area contributed by atoms with Gasteiger partial charge < -0.3 is 15.2 Å². The molecular formula is C15H13NO3. The van der Waals surface area contributed by atoms with Crippen molar-refractivity contribution in [3.8, 4) is 5.75 Å². The molecule has 3 rings (SSSR count). The topological polar surface area (TPSA) is 58.6 Å². The molecule has 0 fully saturated rings. The number of ether oxygens (including phenoxy) is 1. The van der Waals surface area contributed by atoms with Gasteiger partial charge in [0.25, 0.3) is 5.91 Å². The lowest BCUT2D eigenvalue weighted by atomic mass is 10.0. The molecule has 4 heteroatoms. The van der Waals surface area contributed by atoms with Crippen LogP contribution in [0.25, 0.3) is 0 Å². The number of fused-ring (bicyclic) bond motifs is 1. The predicted octanol–water partition coefficient (Wildman–Crippen LogP) is 1.65. The summed E-state index contributed by atoms with van der Waals surface area (Å²) in [6.45, 7) is -0.0280. The van der Waals surface area contributed by atoms with E-state index in [-0.39, 0.29) is 12.5 Å². The number of aliphatic hydroxyl groups is 1. The van der Waals surface area contributed by atoms with Crippen LogP contribution >= 0.6 is 0 Å². The SMILES string of the molecule is O=C1NC(O)(COc2ccccc2)c2ccccc21. The van der Waals surface area contributed by atoms with Gasteiger partial charge in [0.05, 0.1) is 0 Å². The third-order valence-corrected chi connectivity index (χ3v) is 3.13. The van der Waals surface area contributed by atoms with Gasteiger partial charge in [-0.1, -0.05) is 36.4 Å². The third kappa shape index (κ3) is 2.06. The van der Waals surface area contributed by atoms with Gasteiger partial charge in [0.2, 0.25) is 0 Å². The van der Waals surface area contributed by atoms with E-state index in [1.807, 2.05) is 18.2 Å². The highest BCUT2D eigenvalue weighted by Gasteiger charge is 2.41. The van der Waals surface area contributed by atoms with Crippen molar-refractivity contribution in [3.63, 3.8) is 0 Å². The van der Waals surface area contributed by atoms with Crippen LogP contribution in [0.2, 0.25) is 0 Å². The zero-order chi connectivity index (χ0) is 13.3. The van der Waals surface area contributed by atoms with Gasteiger partial charge in [-0.25, -0.2) is 0 Å². The van der Waals surface area contributed by atoms with Crippen molar-refractivity contribution in [3.05, 3.63) is 65.7 Å². The molecule has 19 heavy (non-hydrogen) atoms. The first-order chi connectivity index (χ1) is 9.19. The number of carbonyl (C=O) groups excluding carboxylic acids is 1. The summed E-state index contributed by atoms with van der Waals surface area (Å²) in [7, 11) is 0. The number of hydrogen-bond acceptors (Lipinski definition) is 3. The van der Waals surface area contributed by atoms with Crippen LogP contribution in [0.3, 0.4) is 0 Å². The number of amides is 1. The fraction of sp³-hybridized carbons (Fsp3) is 0.133. The summed E-state index contributed by atoms with van der Waals surface area (Å²) in [6, 6.07) is 16.1. The van der Waals surface area contributed by atoms with Crippen LogP contribution in [0.4, 0.5) is 0 Å². The Morgan fingerprint density at radius 2 is 1.74 bits per heavy atom. The van der Waals surface area contributed by atoms with Gasteiger partial charge in [-0.15, -0.1) is 0 Å². The summed E-state index contributed by atoms with van der Waals surface area (Å²) >= 11 is 0. The standard InChI is InChI=1S/C15H13NO3/c17-14-12-8-4-5-9-13(12)15(18,16-14)10-19-11-6-2-1-3-7-11/h1-9,18H,10H2,(H,16,17). The summed E-state index contributed by atoms with van der Waals surface area (Å²) in [4.78, 5) is 11.8. The second kappa shape index (κ2) is 4.40. The van der Waals surface area contributed by atoms with E-state index in [9.17, 15) is 9.90 Å². The molecule has 0 aliphatic carbocycles. The van der Waals surface area contributed by atoms with E-state index in [4.69, 9.17) is 4.74 Å². The maximum absolute atomic E-state index is 11.8. The zero-order valence-corrected chi connectivity index (χ0v) is 10.2. The van der Waals surface area contributed by atoms with E-state index < -0.39 is 5.72 Å². The van der Waals surface area contributed by atoms with Gasteiger partial charge in [0.15, 0.2) is 5.72 Å². The van der Waals surface area contributed by atoms with Crippen LogP contribution < -0.4 is 10.1 Å². The lowest BCUT2D eigenvalue weighted by Gasteiger charge is -2.23. The normalized spacial score (nSPS) is 20.8. The Morgan fingerprint density at radius 3 is 2.53 bits per heavy atom. The predicted molar refractivity (Wildman–Crippen MR) is 69.7 cm³/mol. The third-order valence-electron chi connectivity index (χ3n) is 3.13. The average Bonchev–Trinajstić information content (AvgIpc) is 2.71. The molecule has 2 N–H and O–H groups in total. The first-order valence-corrected chi connectivity index (χ1v) is 6.01. The van der Waals surface area contributed by atoms with Gasteiger partial charge in [-0.3, -0.25) is 4.79 Å². The van der Waals surface area contributed by atoms with Gasteiger partial charge in [0.1, 0.15) is 12.4 Å². The van der Waals surface area contributed by atoms with E-state index in [0.717, 1.165) is 0 Å². The monoisotopic (exact) mass is 255 g/mol. The maximum Gasteiger partial charge on any atom is 0.254 e. The summed E-state index contributed by atoms with van der Waals surface area (Å²) in [5.74, 6) is 0.365. The van der Waals surface area contributed by atoms with Gasteiger partial charge in [0, 0.05) is 11.1 Å². The largest absolute Gasteiger partial charge is 0.488 e. The minimum absolute atomic E-state index is 0.0280. The highest BCUT2D eigenvalue weighted by atomic mass is 16.5. The van der Waals surface area contributed by atoms with E-state index in [1.54, 1.807) is 36.4 Å². The molecule has 1 atom stereocenters. The molecule has 0 spiro atoms. The van der Waals surface area contributed by atoms with Crippen LogP contribution in [0.5, 0.6) is 5.75 Å². The number of para-hydroxylation sites is 1. The molecule has 0 aromatic heterocycles. The molecule has 0 saturated heterocycles. The number of hydrogen-bond donors (Lipinski definition) is 2. The molecule has 2 aromatic rings. The minimum Gasteiger partial charge on any atom is -0.488 e. The van der Waals surface area contributed by atoms with Crippen molar-refractivity contribution < 1.29 is 14.6 Å². The Kier molecular flexibility index (Phi) is 2.72. The second-order valence-electron chi connectivity index (χ2n) is 4.46. The van der Waals surface area contributed by atoms with Crippen LogP contribution in [0.1, 0.15) is 15.9 Å². The minimum atomic E-state index is -1.47. The fourth-order valence-electron chi connectivity index (χ4n) is 2.18. The maximum atomic E-state index is 11.8. The molecule has 0 radical (unpaired) electrons. The quantitative estimate of drug-likeness (QED) is 0.876. The van der Waals surface area contributed by atoms with Crippen molar-refractivity contribution in [2.75, 3.05) is 6.61 Å². The molecule has 1 heterocycles. The molecule has 0 bridgehead atoms. The molecule has 2 aromatic carbocycles. The molecule has 0 saturated carbocycles. The van der Waals surface area contributed by atoms with Gasteiger partial charge in [-0.05, 0) is 18.2 Å².